The molecule has 1 saturated heterocycles. The zero-order chi connectivity index (χ0) is 13.0. The molecule has 0 spiro atoms. The summed E-state index contributed by atoms with van der Waals surface area (Å²) in [5.74, 6) is 1.68. The van der Waals surface area contributed by atoms with Crippen molar-refractivity contribution in [3.05, 3.63) is 17.2 Å². The fourth-order valence-corrected chi connectivity index (χ4v) is 2.62. The summed E-state index contributed by atoms with van der Waals surface area (Å²) < 4.78 is 0. The molecule has 4 nitrogen and oxygen atoms in total. The van der Waals surface area contributed by atoms with Crippen molar-refractivity contribution in [2.24, 2.45) is 0 Å². The third-order valence-corrected chi connectivity index (χ3v) is 3.62. The zero-order valence-corrected chi connectivity index (χ0v) is 11.9. The molecule has 0 bridgehead atoms. The van der Waals surface area contributed by atoms with Crippen molar-refractivity contribution in [2.45, 2.75) is 39.5 Å². The van der Waals surface area contributed by atoms with Crippen LogP contribution in [0.2, 0.25) is 0 Å². The zero-order valence-electron chi connectivity index (χ0n) is 11.9. The van der Waals surface area contributed by atoms with Gasteiger partial charge >= 0.3 is 0 Å². The Bertz CT molecular complexity index is 364. The van der Waals surface area contributed by atoms with E-state index in [4.69, 9.17) is 4.98 Å². The molecule has 2 N–H and O–H groups in total. The van der Waals surface area contributed by atoms with E-state index in [0.29, 0.717) is 5.92 Å². The third-order valence-electron chi connectivity index (χ3n) is 3.62. The molecule has 0 radical (unpaired) electrons. The molecule has 0 aromatic carbocycles. The Morgan fingerprint density at radius 2 is 2.00 bits per heavy atom. The van der Waals surface area contributed by atoms with Gasteiger partial charge in [0.2, 0.25) is 0 Å². The van der Waals surface area contributed by atoms with Crippen LogP contribution in [-0.4, -0.2) is 47.6 Å². The number of hydrogen-bond donors (Lipinski definition) is 2. The summed E-state index contributed by atoms with van der Waals surface area (Å²) in [4.78, 5) is 10.7. The maximum Gasteiger partial charge on any atom is 0.106 e. The van der Waals surface area contributed by atoms with E-state index in [0.717, 1.165) is 25.3 Å². The SMILES string of the molecule is Cc1[nH]c(CCCN2CCNCC2)nc1C(C)C. The predicted molar refractivity (Wildman–Crippen MR) is 75.0 cm³/mol. The Morgan fingerprint density at radius 3 is 2.61 bits per heavy atom. The van der Waals surface area contributed by atoms with Crippen LogP contribution in [0.1, 0.15) is 43.4 Å². The normalized spacial score (nSPS) is 17.6. The average molecular weight is 250 g/mol. The molecule has 2 rings (SSSR count). The van der Waals surface area contributed by atoms with Gasteiger partial charge in [-0.1, -0.05) is 13.8 Å². The largest absolute Gasteiger partial charge is 0.346 e. The van der Waals surface area contributed by atoms with Crippen molar-refractivity contribution in [3.8, 4) is 0 Å². The first kappa shape index (κ1) is 13.6. The third kappa shape index (κ3) is 3.56. The van der Waals surface area contributed by atoms with Crippen LogP contribution in [0.5, 0.6) is 0 Å². The highest BCUT2D eigenvalue weighted by atomic mass is 15.2. The second-order valence-corrected chi connectivity index (χ2v) is 5.54. The van der Waals surface area contributed by atoms with Crippen LogP contribution in [0.3, 0.4) is 0 Å². The van der Waals surface area contributed by atoms with Crippen LogP contribution < -0.4 is 5.32 Å². The number of rotatable bonds is 5. The highest BCUT2D eigenvalue weighted by molar-refractivity contribution is 5.16. The van der Waals surface area contributed by atoms with Gasteiger partial charge in [-0.3, -0.25) is 0 Å². The molecule has 0 atom stereocenters. The fourth-order valence-electron chi connectivity index (χ4n) is 2.62. The lowest BCUT2D eigenvalue weighted by Crippen LogP contribution is -2.43. The molecule has 1 aromatic heterocycles. The van der Waals surface area contributed by atoms with E-state index in [9.17, 15) is 0 Å². The summed E-state index contributed by atoms with van der Waals surface area (Å²) in [6.07, 6.45) is 2.27. The summed E-state index contributed by atoms with van der Waals surface area (Å²) in [7, 11) is 0. The van der Waals surface area contributed by atoms with Gasteiger partial charge in [0, 0.05) is 38.3 Å². The number of H-pyrrole nitrogens is 1. The maximum atomic E-state index is 4.71. The molecule has 1 aliphatic heterocycles. The van der Waals surface area contributed by atoms with Crippen LogP contribution in [0, 0.1) is 6.92 Å². The lowest BCUT2D eigenvalue weighted by Gasteiger charge is -2.26. The van der Waals surface area contributed by atoms with Gasteiger partial charge in [-0.15, -0.1) is 0 Å². The standard InChI is InChI=1S/C14H26N4/c1-11(2)14-12(3)16-13(17-14)5-4-8-18-9-6-15-7-10-18/h11,15H,4-10H2,1-3H3,(H,16,17). The Hall–Kier alpha value is -0.870. The number of nitrogens with zero attached hydrogens (tertiary/aromatic N) is 2. The van der Waals surface area contributed by atoms with Crippen molar-refractivity contribution in [2.75, 3.05) is 32.7 Å². The number of nitrogens with one attached hydrogen (secondary N) is 2. The molecule has 0 amide bonds. The highest BCUT2D eigenvalue weighted by Gasteiger charge is 2.11. The molecule has 1 aliphatic rings. The number of aromatic amines is 1. The average Bonchev–Trinajstić information content (AvgIpc) is 2.72. The lowest BCUT2D eigenvalue weighted by molar-refractivity contribution is 0.238. The molecule has 2 heterocycles. The highest BCUT2D eigenvalue weighted by Crippen LogP contribution is 2.16. The summed E-state index contributed by atoms with van der Waals surface area (Å²) in [6, 6.07) is 0. The van der Waals surface area contributed by atoms with Gasteiger partial charge in [0.05, 0.1) is 5.69 Å². The van der Waals surface area contributed by atoms with Gasteiger partial charge in [0.1, 0.15) is 5.82 Å². The number of piperazine rings is 1. The molecular formula is C14H26N4. The van der Waals surface area contributed by atoms with Crippen LogP contribution in [0.4, 0.5) is 0 Å². The smallest absolute Gasteiger partial charge is 0.106 e. The van der Waals surface area contributed by atoms with Gasteiger partial charge in [-0.05, 0) is 25.8 Å². The van der Waals surface area contributed by atoms with E-state index in [-0.39, 0.29) is 0 Å². The molecule has 102 valence electrons. The first-order valence-electron chi connectivity index (χ1n) is 7.15. The van der Waals surface area contributed by atoms with Crippen molar-refractivity contribution in [1.82, 2.24) is 20.2 Å². The second-order valence-electron chi connectivity index (χ2n) is 5.54. The second kappa shape index (κ2) is 6.34. The minimum absolute atomic E-state index is 0.517. The summed E-state index contributed by atoms with van der Waals surface area (Å²) in [5, 5.41) is 3.39. The minimum Gasteiger partial charge on any atom is -0.346 e. The number of aromatic nitrogens is 2. The number of aryl methyl sites for hydroxylation is 2. The molecule has 1 fully saturated rings. The predicted octanol–water partition coefficient (Wildman–Crippen LogP) is 1.68. The topological polar surface area (TPSA) is 44.0 Å². The van der Waals surface area contributed by atoms with E-state index in [2.05, 4.69) is 36.0 Å². The number of hydrogen-bond acceptors (Lipinski definition) is 3. The van der Waals surface area contributed by atoms with Gasteiger partial charge in [-0.25, -0.2) is 4.98 Å². The fraction of sp³-hybridized carbons (Fsp3) is 0.786. The maximum absolute atomic E-state index is 4.71. The van der Waals surface area contributed by atoms with Gasteiger partial charge < -0.3 is 15.2 Å². The van der Waals surface area contributed by atoms with Gasteiger partial charge in [-0.2, -0.15) is 0 Å². The Balaban J connectivity index is 1.77. The Kier molecular flexibility index (Phi) is 4.78. The number of imidazole rings is 1. The van der Waals surface area contributed by atoms with Crippen molar-refractivity contribution < 1.29 is 0 Å². The minimum atomic E-state index is 0.517. The van der Waals surface area contributed by atoms with Crippen LogP contribution in [0.25, 0.3) is 0 Å². The van der Waals surface area contributed by atoms with Crippen LogP contribution >= 0.6 is 0 Å². The van der Waals surface area contributed by atoms with Gasteiger partial charge in [0.25, 0.3) is 0 Å². The molecular weight excluding hydrogens is 224 g/mol. The molecule has 0 saturated carbocycles. The summed E-state index contributed by atoms with van der Waals surface area (Å²) >= 11 is 0. The molecule has 0 unspecified atom stereocenters. The van der Waals surface area contributed by atoms with E-state index in [1.807, 2.05) is 0 Å². The quantitative estimate of drug-likeness (QED) is 0.835. The van der Waals surface area contributed by atoms with Crippen LogP contribution in [-0.2, 0) is 6.42 Å². The summed E-state index contributed by atoms with van der Waals surface area (Å²) in [5.41, 5.74) is 2.47. The first-order chi connectivity index (χ1) is 8.66. The van der Waals surface area contributed by atoms with Gasteiger partial charge in [0.15, 0.2) is 0 Å². The Morgan fingerprint density at radius 1 is 1.28 bits per heavy atom. The van der Waals surface area contributed by atoms with Crippen molar-refractivity contribution in [3.63, 3.8) is 0 Å². The molecule has 4 heteroatoms. The molecule has 1 aromatic rings. The van der Waals surface area contributed by atoms with E-state index in [1.54, 1.807) is 0 Å². The lowest BCUT2D eigenvalue weighted by atomic mass is 10.1. The van der Waals surface area contributed by atoms with E-state index < -0.39 is 0 Å². The van der Waals surface area contributed by atoms with E-state index >= 15 is 0 Å². The van der Waals surface area contributed by atoms with Crippen molar-refractivity contribution >= 4 is 0 Å². The monoisotopic (exact) mass is 250 g/mol. The van der Waals surface area contributed by atoms with Crippen molar-refractivity contribution in [1.29, 1.82) is 0 Å². The summed E-state index contributed by atoms with van der Waals surface area (Å²) in [6.45, 7) is 12.4. The molecule has 0 aliphatic carbocycles. The van der Waals surface area contributed by atoms with Crippen LogP contribution in [0.15, 0.2) is 0 Å². The Labute approximate surface area is 110 Å². The first-order valence-corrected chi connectivity index (χ1v) is 7.15. The molecule has 18 heavy (non-hydrogen) atoms. The van der Waals surface area contributed by atoms with E-state index in [1.165, 1.54) is 37.4 Å².